The van der Waals surface area contributed by atoms with Crippen molar-refractivity contribution >= 4 is 33.7 Å². The number of rotatable bonds is 3. The van der Waals surface area contributed by atoms with Crippen LogP contribution in [0.3, 0.4) is 0 Å². The van der Waals surface area contributed by atoms with Crippen molar-refractivity contribution in [2.45, 2.75) is 9.79 Å². The molecule has 86 valence electrons. The fraction of sp³-hybridized carbons (Fsp3) is 0. The molecule has 2 aromatic rings. The summed E-state index contributed by atoms with van der Waals surface area (Å²) in [5.41, 5.74) is 0.331. The van der Waals surface area contributed by atoms with Gasteiger partial charge in [-0.15, -0.1) is 0 Å². The fourth-order valence-corrected chi connectivity index (χ4v) is 2.94. The number of benzene rings is 2. The number of halogens is 1. The van der Waals surface area contributed by atoms with Crippen LogP contribution < -0.4 is 0 Å². The number of carboxylic acid groups (broad SMARTS) is 1. The molecule has 0 atom stereocenters. The van der Waals surface area contributed by atoms with Gasteiger partial charge in [-0.05, 0) is 30.3 Å². The van der Waals surface area contributed by atoms with Crippen LogP contribution in [0.1, 0.15) is 10.4 Å². The van der Waals surface area contributed by atoms with Gasteiger partial charge in [-0.25, -0.2) is 4.79 Å². The zero-order chi connectivity index (χ0) is 12.3. The highest BCUT2D eigenvalue weighted by Crippen LogP contribution is 2.31. The third-order valence-corrected chi connectivity index (χ3v) is 3.70. The fourth-order valence-electron chi connectivity index (χ4n) is 1.39. The Hall–Kier alpha value is -1.26. The molecule has 0 spiro atoms. The number of aromatic carboxylic acids is 1. The standard InChI is InChI=1S/C13H9BrO2S/c14-9-4-3-5-10(8-9)17-12-7-2-1-6-11(12)13(15)16/h1-8H,(H,15,16). The summed E-state index contributed by atoms with van der Waals surface area (Å²) in [7, 11) is 0. The number of hydrogen-bond acceptors (Lipinski definition) is 2. The second-order valence-corrected chi connectivity index (χ2v) is 5.39. The molecule has 2 nitrogen and oxygen atoms in total. The van der Waals surface area contributed by atoms with Crippen molar-refractivity contribution in [1.29, 1.82) is 0 Å². The van der Waals surface area contributed by atoms with Crippen molar-refractivity contribution in [2.24, 2.45) is 0 Å². The van der Waals surface area contributed by atoms with Crippen molar-refractivity contribution in [1.82, 2.24) is 0 Å². The summed E-state index contributed by atoms with van der Waals surface area (Å²) in [5, 5.41) is 9.08. The monoisotopic (exact) mass is 308 g/mol. The van der Waals surface area contributed by atoms with Gasteiger partial charge >= 0.3 is 5.97 Å². The maximum Gasteiger partial charge on any atom is 0.336 e. The van der Waals surface area contributed by atoms with Gasteiger partial charge in [0, 0.05) is 14.3 Å². The van der Waals surface area contributed by atoms with Gasteiger partial charge in [0.2, 0.25) is 0 Å². The molecule has 0 heterocycles. The number of hydrogen-bond donors (Lipinski definition) is 1. The van der Waals surface area contributed by atoms with Gasteiger partial charge < -0.3 is 5.11 Å². The normalized spacial score (nSPS) is 10.2. The quantitative estimate of drug-likeness (QED) is 0.918. The Morgan fingerprint density at radius 3 is 2.59 bits per heavy atom. The molecular formula is C13H9BrO2S. The maximum absolute atomic E-state index is 11.1. The Morgan fingerprint density at radius 2 is 1.88 bits per heavy atom. The third-order valence-electron chi connectivity index (χ3n) is 2.14. The average molecular weight is 309 g/mol. The first-order valence-corrected chi connectivity index (χ1v) is 6.53. The molecule has 0 saturated carbocycles. The first-order valence-electron chi connectivity index (χ1n) is 4.92. The van der Waals surface area contributed by atoms with E-state index in [9.17, 15) is 4.79 Å². The van der Waals surface area contributed by atoms with Crippen molar-refractivity contribution < 1.29 is 9.90 Å². The van der Waals surface area contributed by atoms with E-state index in [1.165, 1.54) is 11.8 Å². The summed E-state index contributed by atoms with van der Waals surface area (Å²) in [6, 6.07) is 14.8. The van der Waals surface area contributed by atoms with E-state index in [-0.39, 0.29) is 0 Å². The van der Waals surface area contributed by atoms with E-state index in [1.54, 1.807) is 12.1 Å². The molecule has 2 aromatic carbocycles. The van der Waals surface area contributed by atoms with Crippen LogP contribution in [0.25, 0.3) is 0 Å². The zero-order valence-electron chi connectivity index (χ0n) is 8.76. The predicted octanol–water partition coefficient (Wildman–Crippen LogP) is 4.30. The van der Waals surface area contributed by atoms with Crippen LogP contribution in [-0.4, -0.2) is 11.1 Å². The Labute approximate surface area is 112 Å². The van der Waals surface area contributed by atoms with Gasteiger partial charge in [0.25, 0.3) is 0 Å². The van der Waals surface area contributed by atoms with E-state index < -0.39 is 5.97 Å². The Balaban J connectivity index is 2.33. The minimum Gasteiger partial charge on any atom is -0.478 e. The summed E-state index contributed by atoms with van der Waals surface area (Å²) in [4.78, 5) is 12.8. The molecule has 0 aliphatic rings. The van der Waals surface area contributed by atoms with Gasteiger partial charge in [0.15, 0.2) is 0 Å². The lowest BCUT2D eigenvalue weighted by Gasteiger charge is -2.05. The lowest BCUT2D eigenvalue weighted by atomic mass is 10.2. The lowest BCUT2D eigenvalue weighted by Crippen LogP contribution is -1.97. The molecule has 0 unspecified atom stereocenters. The van der Waals surface area contributed by atoms with Gasteiger partial charge in [0.05, 0.1) is 5.56 Å². The van der Waals surface area contributed by atoms with E-state index in [0.29, 0.717) is 5.56 Å². The molecular weight excluding hydrogens is 300 g/mol. The van der Waals surface area contributed by atoms with Crippen molar-refractivity contribution in [3.63, 3.8) is 0 Å². The molecule has 17 heavy (non-hydrogen) atoms. The Kier molecular flexibility index (Phi) is 3.86. The molecule has 0 aliphatic carbocycles. The smallest absolute Gasteiger partial charge is 0.336 e. The summed E-state index contributed by atoms with van der Waals surface area (Å²) in [5.74, 6) is -0.900. The lowest BCUT2D eigenvalue weighted by molar-refractivity contribution is 0.0693. The van der Waals surface area contributed by atoms with Gasteiger partial charge in [-0.2, -0.15) is 0 Å². The second kappa shape index (κ2) is 5.38. The molecule has 4 heteroatoms. The van der Waals surface area contributed by atoms with Crippen LogP contribution >= 0.6 is 27.7 Å². The summed E-state index contributed by atoms with van der Waals surface area (Å²) in [6.45, 7) is 0. The summed E-state index contributed by atoms with van der Waals surface area (Å²) in [6.07, 6.45) is 0. The topological polar surface area (TPSA) is 37.3 Å². The summed E-state index contributed by atoms with van der Waals surface area (Å²) >= 11 is 4.84. The first kappa shape index (κ1) is 12.2. The SMILES string of the molecule is O=C(O)c1ccccc1Sc1cccc(Br)c1. The van der Waals surface area contributed by atoms with Crippen molar-refractivity contribution in [3.8, 4) is 0 Å². The van der Waals surface area contributed by atoms with Crippen LogP contribution in [0, 0.1) is 0 Å². The molecule has 1 N–H and O–H groups in total. The molecule has 0 amide bonds. The molecule has 0 aromatic heterocycles. The highest BCUT2D eigenvalue weighted by atomic mass is 79.9. The summed E-state index contributed by atoms with van der Waals surface area (Å²) < 4.78 is 0.982. The average Bonchev–Trinajstić information content (AvgIpc) is 2.29. The molecule has 0 radical (unpaired) electrons. The molecule has 2 rings (SSSR count). The van der Waals surface area contributed by atoms with E-state index in [2.05, 4.69) is 15.9 Å². The minimum atomic E-state index is -0.900. The number of carboxylic acids is 1. The molecule has 0 aliphatic heterocycles. The van der Waals surface area contributed by atoms with E-state index in [0.717, 1.165) is 14.3 Å². The largest absolute Gasteiger partial charge is 0.478 e. The Morgan fingerprint density at radius 1 is 1.12 bits per heavy atom. The van der Waals surface area contributed by atoms with E-state index in [1.807, 2.05) is 36.4 Å². The molecule has 0 fully saturated rings. The van der Waals surface area contributed by atoms with Crippen LogP contribution in [0.15, 0.2) is 62.8 Å². The van der Waals surface area contributed by atoms with Crippen molar-refractivity contribution in [3.05, 3.63) is 58.6 Å². The van der Waals surface area contributed by atoms with Crippen molar-refractivity contribution in [2.75, 3.05) is 0 Å². The first-order chi connectivity index (χ1) is 8.16. The molecule has 0 bridgehead atoms. The van der Waals surface area contributed by atoms with Crippen LogP contribution in [-0.2, 0) is 0 Å². The van der Waals surface area contributed by atoms with E-state index >= 15 is 0 Å². The predicted molar refractivity (Wildman–Crippen MR) is 71.7 cm³/mol. The molecule has 0 saturated heterocycles. The number of carbonyl (C=O) groups is 1. The van der Waals surface area contributed by atoms with Gasteiger partial charge in [-0.3, -0.25) is 0 Å². The third kappa shape index (κ3) is 3.11. The zero-order valence-corrected chi connectivity index (χ0v) is 11.2. The van der Waals surface area contributed by atoms with Crippen LogP contribution in [0.2, 0.25) is 0 Å². The minimum absolute atomic E-state index is 0.331. The van der Waals surface area contributed by atoms with Gasteiger partial charge in [0.1, 0.15) is 0 Å². The van der Waals surface area contributed by atoms with E-state index in [4.69, 9.17) is 5.11 Å². The Bertz CT molecular complexity index is 555. The van der Waals surface area contributed by atoms with Crippen LogP contribution in [0.5, 0.6) is 0 Å². The maximum atomic E-state index is 11.1. The second-order valence-electron chi connectivity index (χ2n) is 3.36. The van der Waals surface area contributed by atoms with Gasteiger partial charge in [-0.1, -0.05) is 45.9 Å². The highest BCUT2D eigenvalue weighted by molar-refractivity contribution is 9.10. The van der Waals surface area contributed by atoms with Crippen LogP contribution in [0.4, 0.5) is 0 Å². The highest BCUT2D eigenvalue weighted by Gasteiger charge is 2.09.